The molecule has 5 N–H and O–H groups in total. The summed E-state index contributed by atoms with van der Waals surface area (Å²) in [6.07, 6.45) is 1.28. The minimum Gasteiger partial charge on any atom is -0.507 e. The number of carbonyl (C=O) groups is 2. The third-order valence-corrected chi connectivity index (χ3v) is 12.9. The van der Waals surface area contributed by atoms with Crippen molar-refractivity contribution in [3.8, 4) is 33.3 Å². The van der Waals surface area contributed by atoms with Crippen LogP contribution in [0.4, 0.5) is 11.5 Å². The molecule has 2 saturated heterocycles. The summed E-state index contributed by atoms with van der Waals surface area (Å²) in [7, 11) is 0. The molecule has 2 fully saturated rings. The molecule has 0 spiro atoms. The van der Waals surface area contributed by atoms with E-state index in [9.17, 15) is 19.8 Å². The zero-order chi connectivity index (χ0) is 45.9. The highest BCUT2D eigenvalue weighted by Gasteiger charge is 2.43. The number of nitrogens with one attached hydrogen (secondary N) is 1. The average Bonchev–Trinajstić information content (AvgIpc) is 4.06. The Morgan fingerprint density at radius 3 is 2.42 bits per heavy atom. The molecule has 65 heavy (non-hydrogen) atoms. The van der Waals surface area contributed by atoms with Crippen LogP contribution in [0.25, 0.3) is 21.7 Å². The van der Waals surface area contributed by atoms with E-state index in [-0.39, 0.29) is 55.0 Å². The third-order valence-electron chi connectivity index (χ3n) is 11.9. The number of nitrogens with two attached hydrogens (primary N) is 1. The Bertz CT molecular complexity index is 2320. The van der Waals surface area contributed by atoms with Gasteiger partial charge in [-0.15, -0.1) is 21.5 Å². The third kappa shape index (κ3) is 12.2. The molecular weight excluding hydrogens is 851 g/mol. The number of aryl methyl sites for hydroxylation is 1. The molecule has 18 heteroatoms. The number of ether oxygens (including phenoxy) is 3. The van der Waals surface area contributed by atoms with E-state index in [1.165, 1.54) is 4.90 Å². The average molecular weight is 912 g/mol. The lowest BCUT2D eigenvalue weighted by Gasteiger charge is -2.36. The molecule has 17 nitrogen and oxygen atoms in total. The van der Waals surface area contributed by atoms with Gasteiger partial charge in [0.05, 0.1) is 59.4 Å². The number of aliphatic hydroxyl groups excluding tert-OH is 1. The van der Waals surface area contributed by atoms with Crippen molar-refractivity contribution in [2.24, 2.45) is 5.92 Å². The SMILES string of the molecule is Cc1ncsc1-c1ccc([C@H](C)NC(=O)[C@@H]2C[C@@H](O)CN2C(=O)[C@@H](c2cc(OCCOCCOCCCCN3CCN(c4cc(-c5ccccc5O)nnc4N)CC3)no2)C(C)C)cc1. The van der Waals surface area contributed by atoms with Gasteiger partial charge < -0.3 is 49.8 Å². The molecule has 0 saturated carbocycles. The number of rotatable bonds is 21. The van der Waals surface area contributed by atoms with Crippen LogP contribution in [0.3, 0.4) is 0 Å². The van der Waals surface area contributed by atoms with Crippen molar-refractivity contribution in [3.63, 3.8) is 0 Å². The molecule has 2 aliphatic heterocycles. The number of thiazole rings is 1. The van der Waals surface area contributed by atoms with Gasteiger partial charge in [-0.3, -0.25) is 14.5 Å². The molecule has 0 bridgehead atoms. The lowest BCUT2D eigenvalue weighted by molar-refractivity contribution is -0.141. The van der Waals surface area contributed by atoms with Crippen molar-refractivity contribution in [1.82, 2.24) is 35.5 Å². The number of hydrogen-bond acceptors (Lipinski definition) is 16. The van der Waals surface area contributed by atoms with Crippen LogP contribution in [-0.2, 0) is 19.1 Å². The van der Waals surface area contributed by atoms with Crippen molar-refractivity contribution < 1.29 is 38.5 Å². The highest BCUT2D eigenvalue weighted by molar-refractivity contribution is 7.13. The summed E-state index contributed by atoms with van der Waals surface area (Å²) in [5, 5.41) is 36.4. The zero-order valence-corrected chi connectivity index (χ0v) is 38.4. The standard InChI is InChI=1S/C47H61N9O8S/c1-30(2)43(47(60)56-28-35(57)25-39(56)46(59)50-31(3)33-11-13-34(14-12-33)44-32(4)49-29-65-44)41-27-42(53-64-41)63-24-23-62-22-21-61-20-8-7-15-54-16-18-55(19-17-54)38-26-37(51-52-45(38)48)36-9-5-6-10-40(36)58/h5-6,9-14,26-27,29-31,35,39,43,57-58H,7-8,15-25,28H2,1-4H3,(H2,48,52)(H,50,59)/t31-,35+,39-,43+/m0/s1. The molecule has 5 heterocycles. The highest BCUT2D eigenvalue weighted by atomic mass is 32.1. The number of phenols is 1. The predicted octanol–water partition coefficient (Wildman–Crippen LogP) is 5.44. The first kappa shape index (κ1) is 47.3. The van der Waals surface area contributed by atoms with Crippen molar-refractivity contribution in [2.75, 3.05) is 82.9 Å². The number of nitrogen functional groups attached to an aromatic ring is 1. The van der Waals surface area contributed by atoms with Crippen LogP contribution in [0.15, 0.2) is 70.7 Å². The minimum absolute atomic E-state index is 0.0439. The first-order valence-electron chi connectivity index (χ1n) is 22.4. The van der Waals surface area contributed by atoms with Gasteiger partial charge >= 0.3 is 0 Å². The summed E-state index contributed by atoms with van der Waals surface area (Å²) in [5.41, 5.74) is 13.0. The van der Waals surface area contributed by atoms with Crippen LogP contribution in [0, 0.1) is 12.8 Å². The lowest BCUT2D eigenvalue weighted by Crippen LogP contribution is -2.48. The number of aromatic hydroxyl groups is 1. The summed E-state index contributed by atoms with van der Waals surface area (Å²) in [5.74, 6) is -0.460. The predicted molar refractivity (Wildman–Crippen MR) is 248 cm³/mol. The van der Waals surface area contributed by atoms with E-state index in [0.717, 1.165) is 73.0 Å². The highest BCUT2D eigenvalue weighted by Crippen LogP contribution is 2.34. The molecule has 2 amide bonds. The Hall–Kier alpha value is -5.66. The van der Waals surface area contributed by atoms with Gasteiger partial charge in [0.2, 0.25) is 11.8 Å². The van der Waals surface area contributed by atoms with Gasteiger partial charge in [-0.05, 0) is 73.6 Å². The number of amides is 2. The van der Waals surface area contributed by atoms with Gasteiger partial charge in [0, 0.05) is 57.4 Å². The van der Waals surface area contributed by atoms with Gasteiger partial charge in [0.15, 0.2) is 11.6 Å². The number of aromatic nitrogens is 4. The number of hydrogen-bond donors (Lipinski definition) is 4. The van der Waals surface area contributed by atoms with E-state index in [0.29, 0.717) is 49.3 Å². The molecule has 2 aromatic carbocycles. The quantitative estimate of drug-likeness (QED) is 0.0675. The van der Waals surface area contributed by atoms with E-state index in [1.807, 2.05) is 75.7 Å². The second-order valence-corrected chi connectivity index (χ2v) is 17.8. The Balaban J connectivity index is 0.767. The molecule has 0 radical (unpaired) electrons. The summed E-state index contributed by atoms with van der Waals surface area (Å²) in [6, 6.07) is 17.4. The first-order chi connectivity index (χ1) is 31.5. The van der Waals surface area contributed by atoms with Crippen LogP contribution in [0.2, 0.25) is 0 Å². The Morgan fingerprint density at radius 2 is 1.69 bits per heavy atom. The van der Waals surface area contributed by atoms with Crippen molar-refractivity contribution in [1.29, 1.82) is 0 Å². The molecule has 0 aliphatic carbocycles. The van der Waals surface area contributed by atoms with Crippen LogP contribution < -0.4 is 20.7 Å². The number of unbranched alkanes of at least 4 members (excludes halogenated alkanes) is 1. The van der Waals surface area contributed by atoms with Gasteiger partial charge in [-0.1, -0.05) is 50.2 Å². The number of para-hydroxylation sites is 1. The number of carbonyl (C=O) groups excluding carboxylic acids is 2. The maximum absolute atomic E-state index is 14.1. The van der Waals surface area contributed by atoms with Crippen LogP contribution in [-0.4, -0.2) is 137 Å². The number of likely N-dealkylation sites (tertiary alicyclic amines) is 1. The summed E-state index contributed by atoms with van der Waals surface area (Å²) >= 11 is 1.59. The van der Waals surface area contributed by atoms with Gasteiger partial charge in [0.25, 0.3) is 5.88 Å². The molecule has 348 valence electrons. The second kappa shape index (κ2) is 22.5. The lowest BCUT2D eigenvalue weighted by atomic mass is 9.91. The maximum atomic E-state index is 14.1. The van der Waals surface area contributed by atoms with Gasteiger partial charge in [-0.25, -0.2) is 4.98 Å². The first-order valence-corrected chi connectivity index (χ1v) is 23.3. The van der Waals surface area contributed by atoms with Gasteiger partial charge in [0.1, 0.15) is 24.3 Å². The zero-order valence-electron chi connectivity index (χ0n) is 37.6. The number of anilines is 2. The number of benzene rings is 2. The molecule has 2 aliphatic rings. The summed E-state index contributed by atoms with van der Waals surface area (Å²) in [6.45, 7) is 14.3. The molecule has 7 rings (SSSR count). The monoisotopic (exact) mass is 911 g/mol. The molecule has 0 unspecified atom stereocenters. The second-order valence-electron chi connectivity index (χ2n) is 16.9. The van der Waals surface area contributed by atoms with E-state index in [2.05, 4.69) is 35.5 Å². The fourth-order valence-electron chi connectivity index (χ4n) is 8.35. The van der Waals surface area contributed by atoms with Gasteiger partial charge in [-0.2, -0.15) is 0 Å². The number of aliphatic hydroxyl groups is 1. The molecular formula is C47H61N9O8S. The number of nitrogens with zero attached hydrogens (tertiary/aromatic N) is 7. The van der Waals surface area contributed by atoms with Crippen LogP contribution in [0.5, 0.6) is 11.6 Å². The largest absolute Gasteiger partial charge is 0.507 e. The maximum Gasteiger partial charge on any atom is 0.254 e. The Kier molecular flexibility index (Phi) is 16.4. The van der Waals surface area contributed by atoms with E-state index in [4.69, 9.17) is 24.5 Å². The Labute approximate surface area is 383 Å². The summed E-state index contributed by atoms with van der Waals surface area (Å²) in [4.78, 5) is 39.3. The molecule has 3 aromatic heterocycles. The Morgan fingerprint density at radius 1 is 0.954 bits per heavy atom. The molecule has 4 atom stereocenters. The topological polar surface area (TPSA) is 215 Å². The fourth-order valence-corrected chi connectivity index (χ4v) is 9.16. The van der Waals surface area contributed by atoms with Crippen LogP contribution >= 0.6 is 11.3 Å². The van der Waals surface area contributed by atoms with Crippen molar-refractivity contribution >= 4 is 34.7 Å². The number of phenolic OH excluding ortho intramolecular Hbond substituents is 1. The van der Waals surface area contributed by atoms with Crippen molar-refractivity contribution in [3.05, 3.63) is 83.2 Å². The number of β-amino-alcohol motifs (C(OH)–C–C–N with tert-alkyl or cyclic N) is 1. The normalized spacial score (nSPS) is 17.7. The van der Waals surface area contributed by atoms with E-state index in [1.54, 1.807) is 29.5 Å². The van der Waals surface area contributed by atoms with Crippen molar-refractivity contribution in [2.45, 2.75) is 71.1 Å². The summed E-state index contributed by atoms with van der Waals surface area (Å²) < 4.78 is 22.9. The number of piperazine rings is 1. The fraction of sp³-hybridized carbons (Fsp3) is 0.489. The molecule has 5 aromatic rings. The van der Waals surface area contributed by atoms with Crippen LogP contribution in [0.1, 0.15) is 69.0 Å². The van der Waals surface area contributed by atoms with E-state index < -0.39 is 18.1 Å². The van der Waals surface area contributed by atoms with E-state index >= 15 is 0 Å². The minimum atomic E-state index is -0.834. The smallest absolute Gasteiger partial charge is 0.254 e.